The molecule has 1 aliphatic heterocycles. The van der Waals surface area contributed by atoms with Crippen LogP contribution < -0.4 is 4.90 Å². The normalized spacial score (nSPS) is 15.3. The summed E-state index contributed by atoms with van der Waals surface area (Å²) in [7, 11) is 0. The van der Waals surface area contributed by atoms with Gasteiger partial charge in [-0.3, -0.25) is 4.79 Å². The van der Waals surface area contributed by atoms with E-state index in [0.717, 1.165) is 55.4 Å². The van der Waals surface area contributed by atoms with Crippen LogP contribution in [0.3, 0.4) is 0 Å². The van der Waals surface area contributed by atoms with Gasteiger partial charge in [-0.2, -0.15) is 0 Å². The van der Waals surface area contributed by atoms with Gasteiger partial charge in [-0.05, 0) is 24.9 Å². The summed E-state index contributed by atoms with van der Waals surface area (Å²) in [6.45, 7) is 9.06. The number of carbonyl (C=O) groups is 1. The molecule has 3 aromatic rings. The van der Waals surface area contributed by atoms with Crippen molar-refractivity contribution < 1.29 is 4.79 Å². The van der Waals surface area contributed by atoms with Gasteiger partial charge in [-0.25, -0.2) is 4.98 Å². The van der Waals surface area contributed by atoms with Crippen LogP contribution in [0.5, 0.6) is 0 Å². The second kappa shape index (κ2) is 7.49. The number of hydrogen-bond donors (Lipinski definition) is 0. The van der Waals surface area contributed by atoms with Crippen molar-refractivity contribution in [3.8, 4) is 11.3 Å². The molecule has 1 saturated heterocycles. The lowest BCUT2D eigenvalue weighted by Gasteiger charge is -2.35. The van der Waals surface area contributed by atoms with E-state index in [1.807, 2.05) is 24.3 Å². The van der Waals surface area contributed by atoms with Crippen molar-refractivity contribution in [2.45, 2.75) is 13.8 Å². The van der Waals surface area contributed by atoms with Gasteiger partial charge in [-0.1, -0.05) is 55.5 Å². The number of ketones is 1. The summed E-state index contributed by atoms with van der Waals surface area (Å²) in [6.07, 6.45) is 0. The second-order valence-corrected chi connectivity index (χ2v) is 7.11. The van der Waals surface area contributed by atoms with Crippen molar-refractivity contribution in [3.05, 3.63) is 60.2 Å². The molecule has 1 fully saturated rings. The van der Waals surface area contributed by atoms with Gasteiger partial charge in [0.2, 0.25) is 0 Å². The zero-order chi connectivity index (χ0) is 18.8. The summed E-state index contributed by atoms with van der Waals surface area (Å²) in [6, 6.07) is 18.4. The number of pyridine rings is 1. The standard InChI is InChI=1S/C23H25N3O/c1-3-25-12-14-26(15-13-25)23-21-7-5-4-6-20(21)16-22(24-23)19-10-8-18(9-11-19)17(2)27/h4-11,16H,3,12-15H2,1-2H3. The van der Waals surface area contributed by atoms with Crippen LogP contribution in [0, 0.1) is 0 Å². The fraction of sp³-hybridized carbons (Fsp3) is 0.304. The number of anilines is 1. The first-order valence-electron chi connectivity index (χ1n) is 9.64. The zero-order valence-electron chi connectivity index (χ0n) is 16.0. The first-order chi connectivity index (χ1) is 13.2. The molecule has 138 valence electrons. The van der Waals surface area contributed by atoms with Gasteiger partial charge in [0.15, 0.2) is 5.78 Å². The van der Waals surface area contributed by atoms with E-state index in [9.17, 15) is 4.79 Å². The highest BCUT2D eigenvalue weighted by atomic mass is 16.1. The summed E-state index contributed by atoms with van der Waals surface area (Å²) < 4.78 is 0. The maximum absolute atomic E-state index is 11.6. The number of carbonyl (C=O) groups excluding carboxylic acids is 1. The molecule has 0 aliphatic carbocycles. The summed E-state index contributed by atoms with van der Waals surface area (Å²) in [4.78, 5) is 21.5. The zero-order valence-corrected chi connectivity index (χ0v) is 16.0. The van der Waals surface area contributed by atoms with Crippen molar-refractivity contribution in [2.75, 3.05) is 37.6 Å². The lowest BCUT2D eigenvalue weighted by Crippen LogP contribution is -2.46. The van der Waals surface area contributed by atoms with Gasteiger partial charge in [0.1, 0.15) is 5.82 Å². The van der Waals surface area contributed by atoms with E-state index in [0.29, 0.717) is 0 Å². The van der Waals surface area contributed by atoms with E-state index in [4.69, 9.17) is 4.98 Å². The number of benzene rings is 2. The summed E-state index contributed by atoms with van der Waals surface area (Å²) in [5.41, 5.74) is 2.73. The number of rotatable bonds is 4. The second-order valence-electron chi connectivity index (χ2n) is 7.11. The van der Waals surface area contributed by atoms with E-state index in [2.05, 4.69) is 47.1 Å². The van der Waals surface area contributed by atoms with Gasteiger partial charge in [-0.15, -0.1) is 0 Å². The van der Waals surface area contributed by atoms with E-state index < -0.39 is 0 Å². The minimum absolute atomic E-state index is 0.0857. The molecular weight excluding hydrogens is 334 g/mol. The topological polar surface area (TPSA) is 36.4 Å². The predicted molar refractivity (Wildman–Crippen MR) is 112 cm³/mol. The molecule has 1 aromatic heterocycles. The highest BCUT2D eigenvalue weighted by molar-refractivity contribution is 5.96. The fourth-order valence-corrected chi connectivity index (χ4v) is 3.72. The van der Waals surface area contributed by atoms with Gasteiger partial charge < -0.3 is 9.80 Å². The molecule has 27 heavy (non-hydrogen) atoms. The van der Waals surface area contributed by atoms with Gasteiger partial charge in [0, 0.05) is 42.7 Å². The predicted octanol–water partition coefficient (Wildman–Crippen LogP) is 4.25. The first-order valence-corrected chi connectivity index (χ1v) is 9.64. The van der Waals surface area contributed by atoms with Crippen LogP contribution >= 0.6 is 0 Å². The molecule has 0 saturated carbocycles. The Kier molecular flexibility index (Phi) is 4.90. The van der Waals surface area contributed by atoms with Crippen molar-refractivity contribution in [2.24, 2.45) is 0 Å². The lowest BCUT2D eigenvalue weighted by atomic mass is 10.0. The molecule has 0 unspecified atom stereocenters. The van der Waals surface area contributed by atoms with Crippen molar-refractivity contribution in [3.63, 3.8) is 0 Å². The summed E-state index contributed by atoms with van der Waals surface area (Å²) >= 11 is 0. The van der Waals surface area contributed by atoms with Crippen molar-refractivity contribution in [1.29, 1.82) is 0 Å². The van der Waals surface area contributed by atoms with E-state index in [1.54, 1.807) is 6.92 Å². The average molecular weight is 359 g/mol. The van der Waals surface area contributed by atoms with Crippen LogP contribution in [0.15, 0.2) is 54.6 Å². The Balaban J connectivity index is 1.75. The fourth-order valence-electron chi connectivity index (χ4n) is 3.72. The number of fused-ring (bicyclic) bond motifs is 1. The first kappa shape index (κ1) is 17.7. The Hall–Kier alpha value is -2.72. The smallest absolute Gasteiger partial charge is 0.159 e. The Morgan fingerprint density at radius 1 is 1.00 bits per heavy atom. The van der Waals surface area contributed by atoms with Crippen LogP contribution in [0.2, 0.25) is 0 Å². The molecule has 0 atom stereocenters. The van der Waals surface area contributed by atoms with Crippen molar-refractivity contribution in [1.82, 2.24) is 9.88 Å². The quantitative estimate of drug-likeness (QED) is 0.653. The molecule has 4 rings (SSSR count). The lowest BCUT2D eigenvalue weighted by molar-refractivity contribution is 0.101. The molecule has 2 aromatic carbocycles. The third kappa shape index (κ3) is 3.58. The molecule has 0 bridgehead atoms. The number of aromatic nitrogens is 1. The molecule has 0 spiro atoms. The average Bonchev–Trinajstić information content (AvgIpc) is 2.73. The molecule has 4 nitrogen and oxygen atoms in total. The number of hydrogen-bond acceptors (Lipinski definition) is 4. The molecule has 0 radical (unpaired) electrons. The number of likely N-dealkylation sites (N-methyl/N-ethyl adjacent to an activating group) is 1. The number of piperazine rings is 1. The highest BCUT2D eigenvalue weighted by Crippen LogP contribution is 2.30. The summed E-state index contributed by atoms with van der Waals surface area (Å²) in [5, 5.41) is 2.40. The van der Waals surface area contributed by atoms with E-state index >= 15 is 0 Å². The van der Waals surface area contributed by atoms with Crippen LogP contribution in [0.25, 0.3) is 22.0 Å². The van der Waals surface area contributed by atoms with Crippen LogP contribution in [0.4, 0.5) is 5.82 Å². The maximum Gasteiger partial charge on any atom is 0.159 e. The Morgan fingerprint density at radius 2 is 1.70 bits per heavy atom. The van der Waals surface area contributed by atoms with E-state index in [-0.39, 0.29) is 5.78 Å². The number of Topliss-reactive ketones (excluding diaryl/α,β-unsaturated/α-hetero) is 1. The minimum atomic E-state index is 0.0857. The molecule has 2 heterocycles. The van der Waals surface area contributed by atoms with E-state index in [1.165, 1.54) is 10.8 Å². The molecule has 0 N–H and O–H groups in total. The van der Waals surface area contributed by atoms with Crippen LogP contribution in [-0.2, 0) is 0 Å². The van der Waals surface area contributed by atoms with Gasteiger partial charge >= 0.3 is 0 Å². The number of nitrogens with zero attached hydrogens (tertiary/aromatic N) is 3. The van der Waals surface area contributed by atoms with Crippen LogP contribution in [0.1, 0.15) is 24.2 Å². The minimum Gasteiger partial charge on any atom is -0.354 e. The third-order valence-corrected chi connectivity index (χ3v) is 5.43. The monoisotopic (exact) mass is 359 g/mol. The summed E-state index contributed by atoms with van der Waals surface area (Å²) in [5.74, 6) is 1.15. The molecule has 4 heteroatoms. The van der Waals surface area contributed by atoms with Crippen molar-refractivity contribution >= 4 is 22.4 Å². The SMILES string of the molecule is CCN1CCN(c2nc(-c3ccc(C(C)=O)cc3)cc3ccccc23)CC1. The molecule has 0 amide bonds. The van der Waals surface area contributed by atoms with Gasteiger partial charge in [0.25, 0.3) is 0 Å². The maximum atomic E-state index is 11.6. The Labute approximate surface area is 160 Å². The largest absolute Gasteiger partial charge is 0.354 e. The molecular formula is C23H25N3O. The Bertz CT molecular complexity index is 957. The van der Waals surface area contributed by atoms with Crippen LogP contribution in [-0.4, -0.2) is 48.4 Å². The highest BCUT2D eigenvalue weighted by Gasteiger charge is 2.19. The Morgan fingerprint density at radius 3 is 2.37 bits per heavy atom. The third-order valence-electron chi connectivity index (χ3n) is 5.43. The van der Waals surface area contributed by atoms with Gasteiger partial charge in [0.05, 0.1) is 5.69 Å². The molecule has 1 aliphatic rings.